The van der Waals surface area contributed by atoms with Gasteiger partial charge in [0.25, 0.3) is 0 Å². The number of halogens is 8. The maximum absolute atomic E-state index is 14.5. The fraction of sp³-hybridized carbons (Fsp3) is 0.579. The van der Waals surface area contributed by atoms with E-state index in [0.717, 1.165) is 187 Å². The Morgan fingerprint density at radius 1 is 0.381 bits per heavy atom. The molecule has 16 rings (SSSR count). The Bertz CT molecular complexity index is 4640. The van der Waals surface area contributed by atoms with E-state index in [0.29, 0.717) is 131 Å². The van der Waals surface area contributed by atoms with Crippen molar-refractivity contribution in [2.24, 2.45) is 23.7 Å². The van der Waals surface area contributed by atoms with Crippen LogP contribution in [0.4, 0.5) is 65.7 Å². The molecule has 19 nitrogen and oxygen atoms in total. The third-order valence-electron chi connectivity index (χ3n) is 27.0. The zero-order valence-electron chi connectivity index (χ0n) is 70.8. The minimum absolute atomic E-state index is 0.0225. The van der Waals surface area contributed by atoms with E-state index in [1.807, 2.05) is 108 Å². The Morgan fingerprint density at radius 2 is 0.690 bits per heavy atom. The first kappa shape index (κ1) is 95.1. The number of hydrogen-bond acceptors (Lipinski definition) is 13. The third-order valence-corrected chi connectivity index (χ3v) is 33.0. The molecule has 11 fully saturated rings. The first-order valence-electron chi connectivity index (χ1n) is 45.0. The number of fused-ring (bicyclic) bond motifs is 4. The van der Waals surface area contributed by atoms with Crippen LogP contribution in [0.25, 0.3) is 20.8 Å². The lowest BCUT2D eigenvalue weighted by Gasteiger charge is -2.33. The molecule has 0 aromatic heterocycles. The smallest absolute Gasteiger partial charge is 0.400 e. The number of nitrogens with one attached hydrogen (secondary N) is 8. The van der Waals surface area contributed by atoms with E-state index in [-0.39, 0.29) is 114 Å². The van der Waals surface area contributed by atoms with Crippen molar-refractivity contribution in [3.63, 3.8) is 0 Å². The Morgan fingerprint density at radius 3 is 1.04 bits per heavy atom. The van der Waals surface area contributed by atoms with Gasteiger partial charge in [-0.25, -0.2) is 55.2 Å². The largest absolute Gasteiger partial charge is 0.432 e. The fourth-order valence-electron chi connectivity index (χ4n) is 19.9. The average Bonchev–Trinajstić information content (AvgIpc) is 1.64. The van der Waals surface area contributed by atoms with Crippen molar-refractivity contribution in [2.45, 2.75) is 293 Å². The van der Waals surface area contributed by atoms with Gasteiger partial charge >= 0.3 is 30.2 Å². The molecule has 5 aromatic rings. The van der Waals surface area contributed by atoms with E-state index in [4.69, 9.17) is 13.1 Å². The van der Waals surface area contributed by atoms with Gasteiger partial charge in [0.2, 0.25) is 0 Å². The number of ketones is 4. The van der Waals surface area contributed by atoms with Crippen LogP contribution in [-0.4, -0.2) is 146 Å². The molecule has 8 saturated heterocycles. The number of Topliss-reactive ketones (excluding diaryl/α,β-unsaturated/α-hetero) is 4. The first-order chi connectivity index (χ1) is 60.8. The number of carbonyl (C=O) groups excluding carboxylic acids is 8. The molecule has 678 valence electrons. The lowest BCUT2D eigenvalue weighted by atomic mass is 9.77. The van der Waals surface area contributed by atoms with E-state index >= 15 is 0 Å². The number of ether oxygens (including phenoxy) is 1. The molecule has 8 aliphatic heterocycles. The monoisotopic (exact) mass is 1820 g/mol. The van der Waals surface area contributed by atoms with Crippen molar-refractivity contribution < 1.29 is 78.2 Å². The summed E-state index contributed by atoms with van der Waals surface area (Å²) in [7, 11) is 0. The molecule has 8 unspecified atom stereocenters. The molecule has 0 radical (unpaired) electrons. The molecule has 8 N–H and O–H groups in total. The van der Waals surface area contributed by atoms with Gasteiger partial charge in [0.1, 0.15) is 28.9 Å². The summed E-state index contributed by atoms with van der Waals surface area (Å²) in [5, 5.41) is 25.5. The van der Waals surface area contributed by atoms with E-state index in [1.165, 1.54) is 5.56 Å². The Balaban J connectivity index is 0.000000144. The van der Waals surface area contributed by atoms with Gasteiger partial charge in [-0.15, -0.1) is 0 Å². The molecule has 12 atom stereocenters. The number of unbranched alkanes of at least 4 members (excludes halogenated alkanes) is 4. The van der Waals surface area contributed by atoms with Crippen LogP contribution >= 0.6 is 47.0 Å². The van der Waals surface area contributed by atoms with E-state index in [9.17, 15) is 73.5 Å². The number of nitrogens with zero attached hydrogens (tertiary/aromatic N) is 2. The van der Waals surface area contributed by atoms with Crippen molar-refractivity contribution in [3.8, 4) is 16.9 Å². The highest BCUT2D eigenvalue weighted by Gasteiger charge is 2.48. The highest BCUT2D eigenvalue weighted by atomic mass is 32.2. The van der Waals surface area contributed by atoms with Crippen molar-refractivity contribution in [3.05, 3.63) is 171 Å². The van der Waals surface area contributed by atoms with Crippen molar-refractivity contribution in [2.75, 3.05) is 23.0 Å². The summed E-state index contributed by atoms with van der Waals surface area (Å²) in [6.07, 6.45) is 21.3. The Hall–Kier alpha value is -8.52. The summed E-state index contributed by atoms with van der Waals surface area (Å²) in [6, 6.07) is 28.3. The summed E-state index contributed by atoms with van der Waals surface area (Å²) >= 11 is 7.61. The highest BCUT2D eigenvalue weighted by molar-refractivity contribution is 8.01. The fourth-order valence-corrected chi connectivity index (χ4v) is 26.1. The molecule has 5 aromatic carbocycles. The number of benzene rings is 5. The minimum Gasteiger partial charge on any atom is -0.432 e. The van der Waals surface area contributed by atoms with Gasteiger partial charge in [0, 0.05) is 108 Å². The third kappa shape index (κ3) is 26.6. The van der Waals surface area contributed by atoms with Gasteiger partial charge in [-0.3, -0.25) is 19.2 Å². The summed E-state index contributed by atoms with van der Waals surface area (Å²) in [4.78, 5) is 102. The van der Waals surface area contributed by atoms with Crippen molar-refractivity contribution in [1.29, 1.82) is 0 Å². The second-order valence-electron chi connectivity index (χ2n) is 35.8. The summed E-state index contributed by atoms with van der Waals surface area (Å²) < 4.78 is 113. The lowest BCUT2D eigenvalue weighted by molar-refractivity contribution is -0.223. The molecular weight excluding hydrogens is 1710 g/mol. The van der Waals surface area contributed by atoms with Gasteiger partial charge in [0.05, 0.1) is 67.4 Å². The van der Waals surface area contributed by atoms with E-state index in [2.05, 4.69) is 69.1 Å². The molecule has 0 spiro atoms. The maximum Gasteiger partial charge on any atom is 0.400 e. The van der Waals surface area contributed by atoms with Gasteiger partial charge in [-0.2, -0.15) is 55.8 Å². The molecule has 11 aliphatic rings. The maximum atomic E-state index is 14.5. The number of thioether (sulfide) groups is 4. The van der Waals surface area contributed by atoms with Crippen LogP contribution in [0.3, 0.4) is 0 Å². The molecule has 8 amide bonds. The van der Waals surface area contributed by atoms with Crippen LogP contribution in [0.1, 0.15) is 228 Å². The molecule has 3 saturated carbocycles. The van der Waals surface area contributed by atoms with Crippen LogP contribution in [0.2, 0.25) is 0 Å². The molecule has 3 aliphatic carbocycles. The normalized spacial score (nSPS) is 27.7. The Kier molecular flexibility index (Phi) is 34.4. The predicted molar refractivity (Wildman–Crippen MR) is 477 cm³/mol. The molecule has 31 heteroatoms. The first-order valence-corrected chi connectivity index (χ1v) is 49.2. The Labute approximate surface area is 749 Å². The standard InChI is InChI=1S/C24H29F5N2O3S.C24H31N3O2S.C24H25N3O2S.C23H29F3N2O2S/c25-17-10-16(11-18(26)21(17)27)34-24(28,29)14-7-5-13(6-8-14)9-15(32)3-1-2-4-20-22-19(12-35-20)30-23(33)31-22;2*1-25-19-12-10-18(11-13-19)17-8-6-16(7-9-17)14-20(28)4-2-3-5-22-23-21(15-30-22)26-24(29)27-23;24-17-10-15(11-18(25)21(17)26)14-7-5-13(6-8-14)9-16(29)3-1-2-4-20-22-19(12-31-20)27-23(30)28-22/h10-11,13-14,19-20,22H,1-9,12H2,(H2,30,31,33);10-13,16-17,21-23H,2-9,14-15H2,(H2,26,27,29);6-13,21-23H,2-5,14-15H2,(H2,26,27,29);10-11,13-14,19-20,22H,1-9,12H2,(H2,27,28,30)/t13?,14?,19?,20-,22?;16?,17?,21?,22-,23?;21?,22-,23?;13?,14?,19?,20-,22?/m0000/s1. The predicted octanol–water partition coefficient (Wildman–Crippen LogP) is 20.6. The summed E-state index contributed by atoms with van der Waals surface area (Å²) in [6.45, 7) is 14.1. The quantitative estimate of drug-likeness (QED) is 0.00628. The zero-order chi connectivity index (χ0) is 89.0. The van der Waals surface area contributed by atoms with Crippen LogP contribution < -0.4 is 47.3 Å². The molecule has 126 heavy (non-hydrogen) atoms. The van der Waals surface area contributed by atoms with Gasteiger partial charge < -0.3 is 47.3 Å². The average molecular weight is 1820 g/mol. The second-order valence-corrected chi connectivity index (χ2v) is 40.9. The zero-order valence-corrected chi connectivity index (χ0v) is 74.1. The molecule has 8 heterocycles. The number of hydrogen-bond donors (Lipinski definition) is 8. The number of alkyl halides is 2. The van der Waals surface area contributed by atoms with Crippen LogP contribution in [-0.2, 0) is 25.6 Å². The van der Waals surface area contributed by atoms with Crippen LogP contribution in [0, 0.1) is 71.7 Å². The molecule has 0 bridgehead atoms. The van der Waals surface area contributed by atoms with Crippen LogP contribution in [0.5, 0.6) is 5.75 Å². The number of carbonyl (C=O) groups is 8. The summed E-state index contributed by atoms with van der Waals surface area (Å²) in [5.74, 6) is -4.08. The van der Waals surface area contributed by atoms with E-state index in [1.54, 1.807) is 0 Å². The van der Waals surface area contributed by atoms with Gasteiger partial charge in [-0.05, 0) is 198 Å². The summed E-state index contributed by atoms with van der Waals surface area (Å²) in [5.41, 5.74) is 6.39. The number of amides is 8. The van der Waals surface area contributed by atoms with Crippen molar-refractivity contribution >= 4 is 106 Å². The molecular formula is C95H114F8N10O9S4. The van der Waals surface area contributed by atoms with E-state index < -0.39 is 52.7 Å². The highest BCUT2D eigenvalue weighted by Crippen LogP contribution is 2.45. The SMILES string of the molecule is O=C(CCCC[C@@H]1SCC2NC(=O)NC21)CC1CCC(C(F)(F)Oc2cc(F)c(F)c(F)c2)CC1.O=C(CCCC[C@@H]1SCC2NC(=O)NC21)CC1CCC(c2cc(F)c(F)c(F)c2)CC1.[C-]#[N+]c1ccc(-c2ccc(CC(=O)CCCC[C@@H]3SCC4NC(=O)NC43)cc2)cc1.[C-]#[N+]c1ccc(C2CCC(CC(=O)CCCC[C@@H]3SCC4NC(=O)NC43)CC2)cc1. The van der Waals surface area contributed by atoms with Crippen molar-refractivity contribution in [1.82, 2.24) is 42.5 Å². The number of rotatable bonds is 34. The van der Waals surface area contributed by atoms with Gasteiger partial charge in [-0.1, -0.05) is 98.5 Å². The van der Waals surface area contributed by atoms with Crippen LogP contribution in [0.15, 0.2) is 97.1 Å². The second kappa shape index (κ2) is 45.6. The number of urea groups is 4. The lowest BCUT2D eigenvalue weighted by Crippen LogP contribution is -2.37. The topological polar surface area (TPSA) is 251 Å². The van der Waals surface area contributed by atoms with Gasteiger partial charge in [0.15, 0.2) is 46.3 Å². The minimum atomic E-state index is -3.66.